The van der Waals surface area contributed by atoms with Crippen LogP contribution in [-0.4, -0.2) is 101 Å². The van der Waals surface area contributed by atoms with E-state index in [1.165, 1.54) is 161 Å². The first kappa shape index (κ1) is 145. The van der Waals surface area contributed by atoms with Gasteiger partial charge in [0.05, 0.1) is 57.7 Å². The quantitative estimate of drug-likeness (QED) is 0.0295. The molecular formula is C121H240O17. The highest BCUT2D eigenvalue weighted by atomic mass is 16.7. The van der Waals surface area contributed by atoms with E-state index in [0.717, 1.165) is 192 Å². The van der Waals surface area contributed by atoms with Gasteiger partial charge in [-0.25, -0.2) is 0 Å². The number of carbonyl (C=O) groups is 7. The largest absolute Gasteiger partial charge is 0.459 e. The number of esters is 7. The van der Waals surface area contributed by atoms with E-state index in [4.69, 9.17) is 47.4 Å². The molecule has 16 fully saturated rings. The summed E-state index contributed by atoms with van der Waals surface area (Å²) >= 11 is 0. The first-order valence-corrected chi connectivity index (χ1v) is 51.9. The first-order chi connectivity index (χ1) is 58.4. The van der Waals surface area contributed by atoms with Crippen LogP contribution in [0.2, 0.25) is 0 Å². The lowest BCUT2D eigenvalue weighted by Gasteiger charge is -2.54. The number of rotatable bonds is 29. The van der Waals surface area contributed by atoms with Crippen LogP contribution in [0.1, 0.15) is 547 Å². The zero-order chi connectivity index (χ0) is 91.2. The van der Waals surface area contributed by atoms with Crippen molar-refractivity contribution in [2.45, 2.75) is 606 Å². The second kappa shape index (κ2) is 63.0. The molecule has 20 atom stereocenters. The molecular weight excluding hydrogens is 1730 g/mol. The lowest BCUT2D eigenvalue weighted by molar-refractivity contribution is -0.224. The van der Waals surface area contributed by atoms with Gasteiger partial charge in [-0.15, -0.1) is 0 Å². The van der Waals surface area contributed by atoms with Gasteiger partial charge in [0.25, 0.3) is 0 Å². The zero-order valence-corrected chi connectivity index (χ0v) is 83.6. The van der Waals surface area contributed by atoms with Crippen molar-refractivity contribution >= 4 is 41.8 Å². The second-order valence-electron chi connectivity index (χ2n) is 46.1. The third kappa shape index (κ3) is 36.9. The fourth-order valence-electron chi connectivity index (χ4n) is 25.4. The Morgan fingerprint density at radius 2 is 0.565 bits per heavy atom. The average molecular weight is 1970 g/mol. The van der Waals surface area contributed by atoms with Crippen molar-refractivity contribution < 1.29 is 80.9 Å². The summed E-state index contributed by atoms with van der Waals surface area (Å²) in [6.45, 7) is 49.7. The minimum absolute atomic E-state index is 0. The van der Waals surface area contributed by atoms with Gasteiger partial charge in [-0.3, -0.25) is 33.6 Å². The highest BCUT2D eigenvalue weighted by Crippen LogP contribution is 2.70. The summed E-state index contributed by atoms with van der Waals surface area (Å²) in [6.07, 6.45) is 48.9. The van der Waals surface area contributed by atoms with Crippen molar-refractivity contribution in [1.29, 1.82) is 0 Å². The number of ether oxygens (including phenoxy) is 10. The molecule has 16 aliphatic carbocycles. The summed E-state index contributed by atoms with van der Waals surface area (Å²) in [4.78, 5) is 83.5. The van der Waals surface area contributed by atoms with Crippen molar-refractivity contribution in [3.63, 3.8) is 0 Å². The highest BCUT2D eigenvalue weighted by molar-refractivity contribution is 5.78. The molecule has 17 heteroatoms. The van der Waals surface area contributed by atoms with E-state index >= 15 is 0 Å². The number of hydrogen-bond acceptors (Lipinski definition) is 17. The van der Waals surface area contributed by atoms with Gasteiger partial charge in [-0.2, -0.15) is 0 Å². The molecule has 0 N–H and O–H groups in total. The number of hydrogen-bond donors (Lipinski definition) is 0. The van der Waals surface area contributed by atoms with Crippen molar-refractivity contribution in [2.75, 3.05) is 0 Å². The molecule has 16 saturated carbocycles. The van der Waals surface area contributed by atoms with Gasteiger partial charge in [0, 0.05) is 0 Å². The van der Waals surface area contributed by atoms with Gasteiger partial charge in [-0.05, 0) is 442 Å². The van der Waals surface area contributed by atoms with Gasteiger partial charge in [0.2, 0.25) is 0 Å². The Morgan fingerprint density at radius 1 is 0.283 bits per heavy atom. The molecule has 0 aromatic rings. The Hall–Kier alpha value is -3.83. The maximum atomic E-state index is 12.2. The van der Waals surface area contributed by atoms with Crippen LogP contribution in [0, 0.1) is 134 Å². The van der Waals surface area contributed by atoms with Gasteiger partial charge in [0.15, 0.2) is 18.9 Å². The van der Waals surface area contributed by atoms with Crippen molar-refractivity contribution in [3.05, 3.63) is 0 Å². The van der Waals surface area contributed by atoms with E-state index in [0.29, 0.717) is 30.1 Å². The summed E-state index contributed by atoms with van der Waals surface area (Å²) in [6, 6.07) is 0. The molecule has 0 radical (unpaired) electrons. The molecule has 0 heterocycles. The Labute approximate surface area is 858 Å². The third-order valence-electron chi connectivity index (χ3n) is 35.6. The Morgan fingerprint density at radius 3 is 0.913 bits per heavy atom. The Kier molecular flexibility index (Phi) is 66.1. The van der Waals surface area contributed by atoms with Crippen LogP contribution in [0.15, 0.2) is 0 Å². The molecule has 0 aromatic carbocycles. The van der Waals surface area contributed by atoms with E-state index in [1.807, 2.05) is 145 Å². The third-order valence-corrected chi connectivity index (χ3v) is 35.6. The summed E-state index contributed by atoms with van der Waals surface area (Å²) < 4.78 is 57.9. The van der Waals surface area contributed by atoms with Crippen LogP contribution in [0.5, 0.6) is 0 Å². The molecule has 0 spiro atoms. The minimum Gasteiger partial charge on any atom is -0.459 e. The predicted molar refractivity (Wildman–Crippen MR) is 586 cm³/mol. The predicted octanol–water partition coefficient (Wildman–Crippen LogP) is 35.4. The van der Waals surface area contributed by atoms with E-state index in [-0.39, 0.29) is 203 Å². The SMILES string of the molecule is C.C.C.C.C.C.C.C.C.C.C.C.C.C.CCC(C)(C)C(=O)OC(C)OC1C2CC3CC(C2)CC1C3.CCC(C)(C)C(=O)OC(C)OC1CC2CC1C1C3CCC(C3)C21.CCC(C)(C)C(=O)OC1(C)CCCCC1.CCC(C)C(=O)OC(C)OC1CC2CC1C1C3CCC(C3)C21.CCC(C)C(=O)OC1(C)CCCC1.CCC(C)C(=O)OC1(CC)CCCC1.CCC1(OC(=O)C(C)(C)CC)CCCCC1. The molecule has 0 aliphatic heterocycles. The Bertz CT molecular complexity index is 3340. The number of carbonyl (C=O) groups excluding carboxylic acids is 7. The maximum Gasteiger partial charge on any atom is 0.313 e. The monoisotopic (exact) mass is 1970 g/mol. The van der Waals surface area contributed by atoms with Crippen LogP contribution in [0.25, 0.3) is 0 Å². The molecule has 138 heavy (non-hydrogen) atoms. The van der Waals surface area contributed by atoms with Crippen molar-refractivity contribution in [1.82, 2.24) is 0 Å². The molecule has 20 unspecified atom stereocenters. The molecule has 0 aromatic heterocycles. The molecule has 0 saturated heterocycles. The molecule has 16 aliphatic rings. The van der Waals surface area contributed by atoms with Crippen LogP contribution in [-0.2, 0) is 80.9 Å². The fraction of sp³-hybridized carbons (Fsp3) is 0.942. The molecule has 16 rings (SSSR count). The lowest BCUT2D eigenvalue weighted by atomic mass is 9.55. The second-order valence-corrected chi connectivity index (χ2v) is 46.1. The zero-order valence-electron chi connectivity index (χ0n) is 83.6. The lowest BCUT2D eigenvalue weighted by Crippen LogP contribution is -2.50. The molecule has 826 valence electrons. The normalized spacial score (nSPS) is 30.1. The van der Waals surface area contributed by atoms with Crippen LogP contribution in [0.4, 0.5) is 0 Å². The van der Waals surface area contributed by atoms with Crippen LogP contribution < -0.4 is 0 Å². The minimum atomic E-state index is -0.415. The van der Waals surface area contributed by atoms with Gasteiger partial charge < -0.3 is 47.4 Å². The van der Waals surface area contributed by atoms with E-state index in [1.54, 1.807) is 0 Å². The average Bonchev–Trinajstić information content (AvgIpc) is 1.55. The molecule has 0 amide bonds. The van der Waals surface area contributed by atoms with Crippen LogP contribution in [0.3, 0.4) is 0 Å². The summed E-state index contributed by atoms with van der Waals surface area (Å²) in [5.41, 5.74) is -2.10. The fourth-order valence-corrected chi connectivity index (χ4v) is 25.4. The highest BCUT2D eigenvalue weighted by Gasteiger charge is 2.65. The first-order valence-electron chi connectivity index (χ1n) is 51.9. The van der Waals surface area contributed by atoms with E-state index < -0.39 is 23.4 Å². The maximum absolute atomic E-state index is 12.2. The number of fused-ring (bicyclic) bond motifs is 18. The van der Waals surface area contributed by atoms with Gasteiger partial charge in [-0.1, -0.05) is 200 Å². The van der Waals surface area contributed by atoms with Crippen molar-refractivity contribution in [3.8, 4) is 0 Å². The van der Waals surface area contributed by atoms with E-state index in [9.17, 15) is 33.6 Å². The van der Waals surface area contributed by atoms with Crippen molar-refractivity contribution in [2.24, 2.45) is 134 Å². The van der Waals surface area contributed by atoms with Gasteiger partial charge >= 0.3 is 41.8 Å². The standard InChI is InChI=1S/C20H32O3.C19H30O3.C18H30O3.C14H26O2.C13H24O2.C12H22O2.C11H20O2.14CH4/c1-5-20(3,4)19(21)23-11(2)22-16-10-14-9-15(16)18-13-7-6-12(8-13)17(14)18;1-4-10(2)19(20)22-11(3)21-16-9-14-8-15(16)18-13-6-5-12(7-13)17(14)18;1-5-18(3,4)17(19)21-11(2)20-16-14-7-12-6-13(9-14)10-15(16)8-12;1-5-13(3,4)12(15)16-14(6-2)10-8-7-9-11-14;1-5-12(2,3)11(14)15-13(4)9-7-6-8-10-13;1-4-10(3)11(13)14-12(5-2)8-6-7-9-12;1-4-9(2)10(12)13-11(3)7-5-6-8-11;;;;;;;;;;;;;;/h11-18H,5-10H2,1-4H3;10-18H,4-9H2,1-3H3;11-16H,5-10H2,1-4H3;5-11H2,1-4H3;5-10H2,1-4H3;10H,4-9H2,1-3H3;9H,4-8H2,1-3H3;14*1H4. The summed E-state index contributed by atoms with van der Waals surface area (Å²) in [5.74, 6) is 14.1. The summed E-state index contributed by atoms with van der Waals surface area (Å²) in [7, 11) is 0. The summed E-state index contributed by atoms with van der Waals surface area (Å²) in [5, 5.41) is 0. The molecule has 17 nitrogen and oxygen atoms in total. The Balaban J connectivity index is -0.000000366. The molecule has 12 bridgehead atoms. The van der Waals surface area contributed by atoms with Crippen LogP contribution >= 0.6 is 0 Å². The van der Waals surface area contributed by atoms with E-state index in [2.05, 4.69) is 27.7 Å². The van der Waals surface area contributed by atoms with Gasteiger partial charge in [0.1, 0.15) is 22.4 Å². The smallest absolute Gasteiger partial charge is 0.313 e. The topological polar surface area (TPSA) is 212 Å².